The predicted octanol–water partition coefficient (Wildman–Crippen LogP) is 2.51. The van der Waals surface area contributed by atoms with E-state index in [1.807, 2.05) is 30.1 Å². The van der Waals surface area contributed by atoms with Crippen molar-refractivity contribution in [2.75, 3.05) is 31.6 Å². The minimum Gasteiger partial charge on any atom is -0.395 e. The Morgan fingerprint density at radius 3 is 2.72 bits per heavy atom. The van der Waals surface area contributed by atoms with Crippen molar-refractivity contribution in [3.05, 3.63) is 28.8 Å². The first-order valence-electron chi connectivity index (χ1n) is 6.35. The lowest BCUT2D eigenvalue weighted by atomic mass is 10.1. The van der Waals surface area contributed by atoms with E-state index in [1.54, 1.807) is 0 Å². The molecule has 0 aliphatic carbocycles. The van der Waals surface area contributed by atoms with Gasteiger partial charge >= 0.3 is 0 Å². The number of aliphatic hydroxyl groups is 1. The fraction of sp³-hybridized carbons (Fsp3) is 0.571. The van der Waals surface area contributed by atoms with Gasteiger partial charge in [0, 0.05) is 30.8 Å². The van der Waals surface area contributed by atoms with Crippen LogP contribution in [0.1, 0.15) is 19.4 Å². The van der Waals surface area contributed by atoms with E-state index in [2.05, 4.69) is 19.2 Å². The van der Waals surface area contributed by atoms with Crippen LogP contribution in [0.2, 0.25) is 5.02 Å². The van der Waals surface area contributed by atoms with Crippen molar-refractivity contribution < 1.29 is 5.11 Å². The fourth-order valence-electron chi connectivity index (χ4n) is 1.83. The molecule has 0 bridgehead atoms. The Kier molecular flexibility index (Phi) is 6.47. The molecule has 0 fully saturated rings. The van der Waals surface area contributed by atoms with Crippen LogP contribution in [0.25, 0.3) is 0 Å². The van der Waals surface area contributed by atoms with E-state index in [0.29, 0.717) is 12.5 Å². The lowest BCUT2D eigenvalue weighted by Crippen LogP contribution is -2.25. The zero-order valence-electron chi connectivity index (χ0n) is 11.4. The highest BCUT2D eigenvalue weighted by molar-refractivity contribution is 6.30. The molecule has 2 N–H and O–H groups in total. The van der Waals surface area contributed by atoms with Crippen molar-refractivity contribution in [3.8, 4) is 0 Å². The average molecular weight is 271 g/mol. The zero-order valence-corrected chi connectivity index (χ0v) is 12.2. The maximum Gasteiger partial charge on any atom is 0.0606 e. The first-order valence-corrected chi connectivity index (χ1v) is 6.73. The lowest BCUT2D eigenvalue weighted by molar-refractivity contribution is 0.304. The molecule has 1 aromatic rings. The smallest absolute Gasteiger partial charge is 0.0606 e. The van der Waals surface area contributed by atoms with Gasteiger partial charge in [-0.1, -0.05) is 25.4 Å². The highest BCUT2D eigenvalue weighted by Gasteiger charge is 2.08. The molecule has 102 valence electrons. The van der Waals surface area contributed by atoms with Crippen LogP contribution in [-0.4, -0.2) is 31.9 Å². The first-order chi connectivity index (χ1) is 8.54. The first kappa shape index (κ1) is 15.3. The Morgan fingerprint density at radius 2 is 2.11 bits per heavy atom. The van der Waals surface area contributed by atoms with E-state index in [-0.39, 0.29) is 6.61 Å². The lowest BCUT2D eigenvalue weighted by Gasteiger charge is -2.22. The minimum atomic E-state index is 0.151. The molecule has 1 rings (SSSR count). The van der Waals surface area contributed by atoms with Crippen LogP contribution in [0.3, 0.4) is 0 Å². The molecule has 0 aliphatic rings. The van der Waals surface area contributed by atoms with E-state index in [9.17, 15) is 0 Å². The summed E-state index contributed by atoms with van der Waals surface area (Å²) < 4.78 is 0. The van der Waals surface area contributed by atoms with Crippen LogP contribution in [0, 0.1) is 5.92 Å². The molecule has 4 heteroatoms. The molecule has 18 heavy (non-hydrogen) atoms. The second-order valence-electron chi connectivity index (χ2n) is 4.94. The molecule has 0 spiro atoms. The fourth-order valence-corrected chi connectivity index (χ4v) is 2.03. The molecule has 0 aliphatic heterocycles. The second kappa shape index (κ2) is 7.62. The third-order valence-corrected chi connectivity index (χ3v) is 2.99. The van der Waals surface area contributed by atoms with Crippen molar-refractivity contribution in [2.24, 2.45) is 5.92 Å². The van der Waals surface area contributed by atoms with Crippen molar-refractivity contribution >= 4 is 17.3 Å². The normalized spacial score (nSPS) is 11.0. The third kappa shape index (κ3) is 4.84. The van der Waals surface area contributed by atoms with Gasteiger partial charge in [0.1, 0.15) is 0 Å². The molecule has 1 aromatic carbocycles. The summed E-state index contributed by atoms with van der Waals surface area (Å²) in [6, 6.07) is 5.87. The Labute approximate surface area is 115 Å². The van der Waals surface area contributed by atoms with Crippen molar-refractivity contribution in [2.45, 2.75) is 20.4 Å². The summed E-state index contributed by atoms with van der Waals surface area (Å²) in [5.41, 5.74) is 2.28. The quantitative estimate of drug-likeness (QED) is 0.799. The van der Waals surface area contributed by atoms with Gasteiger partial charge in [0.15, 0.2) is 0 Å². The molecule has 0 saturated carbocycles. The Balaban J connectivity index is 2.76. The largest absolute Gasteiger partial charge is 0.395 e. The van der Waals surface area contributed by atoms with Crippen molar-refractivity contribution in [1.82, 2.24) is 5.32 Å². The van der Waals surface area contributed by atoms with Gasteiger partial charge in [0.05, 0.1) is 6.61 Å². The van der Waals surface area contributed by atoms with Gasteiger partial charge in [-0.15, -0.1) is 0 Å². The maximum absolute atomic E-state index is 9.01. The number of hydrogen-bond acceptors (Lipinski definition) is 3. The molecule has 0 unspecified atom stereocenters. The van der Waals surface area contributed by atoms with E-state index < -0.39 is 0 Å². The van der Waals surface area contributed by atoms with Crippen LogP contribution in [0.4, 0.5) is 5.69 Å². The predicted molar refractivity (Wildman–Crippen MR) is 78.4 cm³/mol. The highest BCUT2D eigenvalue weighted by Crippen LogP contribution is 2.23. The highest BCUT2D eigenvalue weighted by atomic mass is 35.5. The molecular formula is C14H23ClN2O. The molecule has 0 aromatic heterocycles. The SMILES string of the molecule is CC(C)CNCc1cc(Cl)ccc1N(C)CCO. The second-order valence-corrected chi connectivity index (χ2v) is 5.38. The summed E-state index contributed by atoms with van der Waals surface area (Å²) in [5, 5.41) is 13.2. The monoisotopic (exact) mass is 270 g/mol. The number of nitrogens with zero attached hydrogens (tertiary/aromatic N) is 1. The van der Waals surface area contributed by atoms with E-state index >= 15 is 0 Å². The Bertz CT molecular complexity index is 369. The van der Waals surface area contributed by atoms with Crippen molar-refractivity contribution in [1.29, 1.82) is 0 Å². The van der Waals surface area contributed by atoms with E-state index in [4.69, 9.17) is 16.7 Å². The number of nitrogens with one attached hydrogen (secondary N) is 1. The molecule has 0 heterocycles. The molecule has 0 saturated heterocycles. The molecular weight excluding hydrogens is 248 g/mol. The van der Waals surface area contributed by atoms with Crippen LogP contribution in [0.5, 0.6) is 0 Å². The standard InChI is InChI=1S/C14H23ClN2O/c1-11(2)9-16-10-12-8-13(15)4-5-14(12)17(3)6-7-18/h4-5,8,11,16,18H,6-7,9-10H2,1-3H3. The molecule has 0 radical (unpaired) electrons. The summed E-state index contributed by atoms with van der Waals surface area (Å²) in [7, 11) is 1.98. The molecule has 0 amide bonds. The van der Waals surface area contributed by atoms with E-state index in [0.717, 1.165) is 23.8 Å². The van der Waals surface area contributed by atoms with Gasteiger partial charge in [-0.3, -0.25) is 0 Å². The summed E-state index contributed by atoms with van der Waals surface area (Å²) in [6.07, 6.45) is 0. The Morgan fingerprint density at radius 1 is 1.39 bits per heavy atom. The summed E-state index contributed by atoms with van der Waals surface area (Å²) in [5.74, 6) is 0.628. The number of hydrogen-bond donors (Lipinski definition) is 2. The number of likely N-dealkylation sites (N-methyl/N-ethyl adjacent to an activating group) is 1. The number of anilines is 1. The van der Waals surface area contributed by atoms with Gasteiger partial charge in [-0.2, -0.15) is 0 Å². The molecule has 0 atom stereocenters. The number of benzene rings is 1. The van der Waals surface area contributed by atoms with Gasteiger partial charge < -0.3 is 15.3 Å². The summed E-state index contributed by atoms with van der Waals surface area (Å²) in [6.45, 7) is 6.92. The Hall–Kier alpha value is -0.770. The summed E-state index contributed by atoms with van der Waals surface area (Å²) >= 11 is 6.04. The molecule has 3 nitrogen and oxygen atoms in total. The van der Waals surface area contributed by atoms with Crippen LogP contribution >= 0.6 is 11.6 Å². The van der Waals surface area contributed by atoms with Gasteiger partial charge in [-0.25, -0.2) is 0 Å². The van der Waals surface area contributed by atoms with Gasteiger partial charge in [-0.05, 0) is 36.2 Å². The number of halogens is 1. The topological polar surface area (TPSA) is 35.5 Å². The van der Waals surface area contributed by atoms with Crippen LogP contribution < -0.4 is 10.2 Å². The number of aliphatic hydroxyl groups excluding tert-OH is 1. The maximum atomic E-state index is 9.01. The minimum absolute atomic E-state index is 0.151. The number of rotatable bonds is 7. The van der Waals surface area contributed by atoms with Crippen LogP contribution in [0.15, 0.2) is 18.2 Å². The average Bonchev–Trinajstić information content (AvgIpc) is 2.29. The van der Waals surface area contributed by atoms with Gasteiger partial charge in [0.25, 0.3) is 0 Å². The third-order valence-electron chi connectivity index (χ3n) is 2.76. The zero-order chi connectivity index (χ0) is 13.5. The van der Waals surface area contributed by atoms with Crippen molar-refractivity contribution in [3.63, 3.8) is 0 Å². The van der Waals surface area contributed by atoms with Crippen LogP contribution in [-0.2, 0) is 6.54 Å². The summed E-state index contributed by atoms with van der Waals surface area (Å²) in [4.78, 5) is 2.04. The van der Waals surface area contributed by atoms with Gasteiger partial charge in [0.2, 0.25) is 0 Å². The van der Waals surface area contributed by atoms with E-state index in [1.165, 1.54) is 5.56 Å².